The van der Waals surface area contributed by atoms with Gasteiger partial charge in [0.15, 0.2) is 11.6 Å². The SMILES string of the molecule is CC(C)CN1C(=O)[C@@]2(CCCC2=O)C12C=CC(=O)C=C2. The molecule has 1 saturated carbocycles. The molecule has 0 radical (unpaired) electrons. The number of Topliss-reactive ketones (excluding diaryl/α,β-unsaturated/α-hetero) is 1. The molecule has 2 fully saturated rings. The van der Waals surface area contributed by atoms with E-state index in [9.17, 15) is 14.4 Å². The smallest absolute Gasteiger partial charge is 0.240 e. The van der Waals surface area contributed by atoms with E-state index in [1.165, 1.54) is 12.2 Å². The van der Waals surface area contributed by atoms with E-state index < -0.39 is 11.0 Å². The summed E-state index contributed by atoms with van der Waals surface area (Å²) in [5.41, 5.74) is -1.63. The Morgan fingerprint density at radius 2 is 1.85 bits per heavy atom. The number of ketones is 2. The number of allylic oxidation sites excluding steroid dienone is 2. The first-order valence-electron chi connectivity index (χ1n) is 7.22. The van der Waals surface area contributed by atoms with Crippen LogP contribution in [0.15, 0.2) is 24.3 Å². The van der Waals surface area contributed by atoms with Gasteiger partial charge in [0, 0.05) is 13.0 Å². The standard InChI is InChI=1S/C16H19NO3/c1-11(2)10-17-14(20)16(7-3-4-13(16)19)15(17)8-5-12(18)6-9-15/h5-6,8-9,11H,3-4,7,10H2,1-2H3/t16-/m0/s1. The highest BCUT2D eigenvalue weighted by Gasteiger charge is 2.73. The summed E-state index contributed by atoms with van der Waals surface area (Å²) in [6.45, 7) is 4.70. The number of nitrogens with zero attached hydrogens (tertiary/aromatic N) is 1. The Hall–Kier alpha value is -1.71. The normalized spacial score (nSPS) is 30.9. The summed E-state index contributed by atoms with van der Waals surface area (Å²) < 4.78 is 0. The zero-order valence-corrected chi connectivity index (χ0v) is 11.9. The molecule has 1 atom stereocenters. The van der Waals surface area contributed by atoms with Gasteiger partial charge in [-0.1, -0.05) is 13.8 Å². The van der Waals surface area contributed by atoms with Crippen molar-refractivity contribution in [1.82, 2.24) is 4.90 Å². The molecule has 0 unspecified atom stereocenters. The molecule has 106 valence electrons. The molecule has 0 aromatic heterocycles. The molecule has 0 aromatic rings. The Morgan fingerprint density at radius 3 is 2.35 bits per heavy atom. The second-order valence-corrected chi connectivity index (χ2v) is 6.39. The third kappa shape index (κ3) is 1.39. The molecule has 4 nitrogen and oxygen atoms in total. The maximum Gasteiger partial charge on any atom is 0.240 e. The van der Waals surface area contributed by atoms with Crippen LogP contribution in [0.25, 0.3) is 0 Å². The van der Waals surface area contributed by atoms with Crippen molar-refractivity contribution < 1.29 is 14.4 Å². The summed E-state index contributed by atoms with van der Waals surface area (Å²) in [4.78, 5) is 38.2. The second kappa shape index (κ2) is 4.14. The third-order valence-electron chi connectivity index (χ3n) is 4.72. The van der Waals surface area contributed by atoms with Crippen molar-refractivity contribution in [3.8, 4) is 0 Å². The number of likely N-dealkylation sites (tertiary alicyclic amines) is 1. The molecule has 4 heteroatoms. The summed E-state index contributed by atoms with van der Waals surface area (Å²) in [5, 5.41) is 0. The van der Waals surface area contributed by atoms with Gasteiger partial charge in [-0.3, -0.25) is 14.4 Å². The van der Waals surface area contributed by atoms with Crippen LogP contribution < -0.4 is 0 Å². The number of carbonyl (C=O) groups excluding carboxylic acids is 3. The summed E-state index contributed by atoms with van der Waals surface area (Å²) in [6, 6.07) is 0. The average molecular weight is 273 g/mol. The minimum atomic E-state index is -0.935. The molecular formula is C16H19NO3. The average Bonchev–Trinajstić information content (AvgIpc) is 2.81. The summed E-state index contributed by atoms with van der Waals surface area (Å²) >= 11 is 0. The number of hydrogen-bond acceptors (Lipinski definition) is 3. The van der Waals surface area contributed by atoms with E-state index in [1.54, 1.807) is 17.1 Å². The highest BCUT2D eigenvalue weighted by Crippen LogP contribution is 2.58. The topological polar surface area (TPSA) is 54.5 Å². The van der Waals surface area contributed by atoms with Gasteiger partial charge in [0.2, 0.25) is 5.91 Å². The van der Waals surface area contributed by atoms with Gasteiger partial charge in [0.05, 0.1) is 0 Å². The molecule has 2 spiro atoms. The van der Waals surface area contributed by atoms with Crippen LogP contribution in [0, 0.1) is 11.3 Å². The van der Waals surface area contributed by atoms with Crippen LogP contribution >= 0.6 is 0 Å². The molecule has 3 aliphatic rings. The molecule has 2 aliphatic carbocycles. The van der Waals surface area contributed by atoms with Gasteiger partial charge < -0.3 is 4.90 Å². The van der Waals surface area contributed by atoms with Gasteiger partial charge in [-0.25, -0.2) is 0 Å². The lowest BCUT2D eigenvalue weighted by Crippen LogP contribution is -2.78. The lowest BCUT2D eigenvalue weighted by molar-refractivity contribution is -0.181. The van der Waals surface area contributed by atoms with Gasteiger partial charge in [-0.2, -0.15) is 0 Å². The van der Waals surface area contributed by atoms with Crippen LogP contribution in [-0.2, 0) is 14.4 Å². The van der Waals surface area contributed by atoms with E-state index in [2.05, 4.69) is 0 Å². The molecule has 0 bridgehead atoms. The van der Waals surface area contributed by atoms with Gasteiger partial charge in [0.25, 0.3) is 0 Å². The highest BCUT2D eigenvalue weighted by atomic mass is 16.2. The zero-order valence-electron chi connectivity index (χ0n) is 11.9. The van der Waals surface area contributed by atoms with Gasteiger partial charge in [-0.05, 0) is 43.1 Å². The number of β-lactam (4-membered cyclic amide) rings is 1. The van der Waals surface area contributed by atoms with E-state index in [4.69, 9.17) is 0 Å². The number of carbonyl (C=O) groups is 3. The number of amides is 1. The Labute approximate surface area is 118 Å². The molecule has 1 aliphatic heterocycles. The Kier molecular flexibility index (Phi) is 2.75. The van der Waals surface area contributed by atoms with E-state index in [0.29, 0.717) is 25.3 Å². The maximum atomic E-state index is 12.6. The molecule has 1 saturated heterocycles. The number of fused-ring (bicyclic) bond motifs is 1. The third-order valence-corrected chi connectivity index (χ3v) is 4.72. The summed E-state index contributed by atoms with van der Waals surface area (Å²) in [5.74, 6) is 0.215. The van der Waals surface area contributed by atoms with Crippen LogP contribution in [0.2, 0.25) is 0 Å². The fourth-order valence-electron chi connectivity index (χ4n) is 3.86. The largest absolute Gasteiger partial charge is 0.327 e. The molecule has 3 rings (SSSR count). The first-order valence-corrected chi connectivity index (χ1v) is 7.22. The van der Waals surface area contributed by atoms with Crippen molar-refractivity contribution in [2.75, 3.05) is 6.54 Å². The molecule has 0 N–H and O–H groups in total. The van der Waals surface area contributed by atoms with Crippen LogP contribution in [0.4, 0.5) is 0 Å². The first-order chi connectivity index (χ1) is 9.44. The molecule has 1 heterocycles. The minimum Gasteiger partial charge on any atom is -0.327 e. The lowest BCUT2D eigenvalue weighted by Gasteiger charge is -2.61. The van der Waals surface area contributed by atoms with Crippen LogP contribution in [0.1, 0.15) is 33.1 Å². The van der Waals surface area contributed by atoms with E-state index in [1.807, 2.05) is 13.8 Å². The van der Waals surface area contributed by atoms with E-state index in [-0.39, 0.29) is 17.5 Å². The summed E-state index contributed by atoms with van der Waals surface area (Å²) in [7, 11) is 0. The van der Waals surface area contributed by atoms with E-state index in [0.717, 1.165) is 6.42 Å². The van der Waals surface area contributed by atoms with Crippen molar-refractivity contribution in [2.45, 2.75) is 38.6 Å². The molecule has 20 heavy (non-hydrogen) atoms. The van der Waals surface area contributed by atoms with Crippen LogP contribution in [0.3, 0.4) is 0 Å². The molecule has 0 aromatic carbocycles. The lowest BCUT2D eigenvalue weighted by atomic mass is 9.57. The number of rotatable bonds is 2. The zero-order chi connectivity index (χ0) is 14.5. The maximum absolute atomic E-state index is 12.6. The Morgan fingerprint density at radius 1 is 1.20 bits per heavy atom. The number of hydrogen-bond donors (Lipinski definition) is 0. The fraction of sp³-hybridized carbons (Fsp3) is 0.562. The monoisotopic (exact) mass is 273 g/mol. The van der Waals surface area contributed by atoms with Crippen molar-refractivity contribution >= 4 is 17.5 Å². The predicted molar refractivity (Wildman–Crippen MR) is 73.9 cm³/mol. The quantitative estimate of drug-likeness (QED) is 0.568. The predicted octanol–water partition coefficient (Wildman–Crippen LogP) is 1.66. The van der Waals surface area contributed by atoms with Crippen molar-refractivity contribution in [3.05, 3.63) is 24.3 Å². The van der Waals surface area contributed by atoms with Gasteiger partial charge in [-0.15, -0.1) is 0 Å². The molecular weight excluding hydrogens is 254 g/mol. The van der Waals surface area contributed by atoms with Gasteiger partial charge >= 0.3 is 0 Å². The Balaban J connectivity index is 2.07. The van der Waals surface area contributed by atoms with Crippen LogP contribution in [0.5, 0.6) is 0 Å². The van der Waals surface area contributed by atoms with Crippen molar-refractivity contribution in [1.29, 1.82) is 0 Å². The van der Waals surface area contributed by atoms with Crippen molar-refractivity contribution in [2.24, 2.45) is 11.3 Å². The van der Waals surface area contributed by atoms with Crippen LogP contribution in [-0.4, -0.2) is 34.5 Å². The van der Waals surface area contributed by atoms with Crippen molar-refractivity contribution in [3.63, 3.8) is 0 Å². The Bertz CT molecular complexity index is 542. The first kappa shape index (κ1) is 13.3. The van der Waals surface area contributed by atoms with Gasteiger partial charge in [0.1, 0.15) is 11.0 Å². The highest BCUT2D eigenvalue weighted by molar-refractivity contribution is 6.16. The fourth-order valence-corrected chi connectivity index (χ4v) is 3.86. The molecule has 1 amide bonds. The van der Waals surface area contributed by atoms with E-state index >= 15 is 0 Å². The second-order valence-electron chi connectivity index (χ2n) is 6.39. The minimum absolute atomic E-state index is 0.0335. The summed E-state index contributed by atoms with van der Waals surface area (Å²) in [6.07, 6.45) is 8.35.